The zero-order valence-corrected chi connectivity index (χ0v) is 6.79. The number of nitrogens with zero attached hydrogens (tertiary/aromatic N) is 1. The molecule has 4 nitrogen and oxygen atoms in total. The number of carbonyl (C=O) groups excluding carboxylic acids is 2. The molecule has 12 heavy (non-hydrogen) atoms. The Kier molecular flexibility index (Phi) is 2.83. The summed E-state index contributed by atoms with van der Waals surface area (Å²) in [5.41, 5.74) is 0. The summed E-state index contributed by atoms with van der Waals surface area (Å²) < 4.78 is 4.33. The molecule has 4 heteroatoms. The standard InChI is InChI=1S/C8H9NO3/c1-2-3-4-9-5-7(10)12-8(11)6-9/h4-6H2,1H3. The molecule has 0 aliphatic carbocycles. The minimum Gasteiger partial charge on any atom is -0.391 e. The molecule has 0 aromatic carbocycles. The topological polar surface area (TPSA) is 46.6 Å². The zero-order chi connectivity index (χ0) is 8.97. The van der Waals surface area contributed by atoms with Crippen LogP contribution in [0.5, 0.6) is 0 Å². The van der Waals surface area contributed by atoms with Crippen molar-refractivity contribution in [1.82, 2.24) is 4.90 Å². The van der Waals surface area contributed by atoms with Crippen molar-refractivity contribution in [3.63, 3.8) is 0 Å². The van der Waals surface area contributed by atoms with E-state index in [0.717, 1.165) is 0 Å². The van der Waals surface area contributed by atoms with Crippen LogP contribution in [0.25, 0.3) is 0 Å². The quantitative estimate of drug-likeness (QED) is 0.297. The monoisotopic (exact) mass is 167 g/mol. The highest BCUT2D eigenvalue weighted by atomic mass is 16.6. The first-order chi connectivity index (χ1) is 5.72. The van der Waals surface area contributed by atoms with Gasteiger partial charge >= 0.3 is 11.9 Å². The minimum atomic E-state index is -0.496. The second-order valence-corrected chi connectivity index (χ2v) is 2.42. The van der Waals surface area contributed by atoms with E-state index in [1.165, 1.54) is 0 Å². The Balaban J connectivity index is 2.47. The molecule has 1 fully saturated rings. The van der Waals surface area contributed by atoms with Gasteiger partial charge in [-0.1, -0.05) is 5.92 Å². The van der Waals surface area contributed by atoms with E-state index in [9.17, 15) is 9.59 Å². The summed E-state index contributed by atoms with van der Waals surface area (Å²) in [5.74, 6) is 4.47. The van der Waals surface area contributed by atoms with E-state index in [0.29, 0.717) is 6.54 Å². The lowest BCUT2D eigenvalue weighted by Gasteiger charge is -2.21. The third-order valence-corrected chi connectivity index (χ3v) is 1.41. The van der Waals surface area contributed by atoms with Crippen molar-refractivity contribution in [2.75, 3.05) is 19.6 Å². The molecule has 0 saturated carbocycles. The average molecular weight is 167 g/mol. The maximum atomic E-state index is 10.7. The number of esters is 2. The SMILES string of the molecule is CC#CCN1CC(=O)OC(=O)C1. The highest BCUT2D eigenvalue weighted by molar-refractivity contribution is 5.90. The molecule has 1 aliphatic heterocycles. The number of carbonyl (C=O) groups is 2. The molecule has 0 amide bonds. The van der Waals surface area contributed by atoms with E-state index in [2.05, 4.69) is 16.6 Å². The van der Waals surface area contributed by atoms with Gasteiger partial charge in [-0.15, -0.1) is 5.92 Å². The molecular formula is C8H9NO3. The molecule has 0 aromatic rings. The summed E-state index contributed by atoms with van der Waals surface area (Å²) in [6.45, 7) is 2.46. The van der Waals surface area contributed by atoms with Crippen molar-refractivity contribution in [3.05, 3.63) is 0 Å². The Morgan fingerprint density at radius 2 is 2.00 bits per heavy atom. The van der Waals surface area contributed by atoms with Crippen LogP contribution < -0.4 is 0 Å². The molecule has 1 heterocycles. The van der Waals surface area contributed by atoms with E-state index >= 15 is 0 Å². The van der Waals surface area contributed by atoms with Gasteiger partial charge in [0.15, 0.2) is 0 Å². The van der Waals surface area contributed by atoms with Crippen LogP contribution in [0.15, 0.2) is 0 Å². The molecule has 1 saturated heterocycles. The van der Waals surface area contributed by atoms with Gasteiger partial charge in [0.05, 0.1) is 19.6 Å². The molecule has 0 atom stereocenters. The Bertz CT molecular complexity index is 245. The van der Waals surface area contributed by atoms with Crippen molar-refractivity contribution in [2.45, 2.75) is 6.92 Å². The largest absolute Gasteiger partial charge is 0.391 e. The number of hydrogen-bond acceptors (Lipinski definition) is 4. The average Bonchev–Trinajstić information content (AvgIpc) is 1.99. The van der Waals surface area contributed by atoms with Gasteiger partial charge in [0, 0.05) is 0 Å². The smallest absolute Gasteiger partial charge is 0.327 e. The number of rotatable bonds is 1. The van der Waals surface area contributed by atoms with Crippen LogP contribution in [0.2, 0.25) is 0 Å². The summed E-state index contributed by atoms with van der Waals surface area (Å²) in [5, 5.41) is 0. The van der Waals surface area contributed by atoms with Crippen molar-refractivity contribution in [1.29, 1.82) is 0 Å². The van der Waals surface area contributed by atoms with E-state index in [1.54, 1.807) is 11.8 Å². The van der Waals surface area contributed by atoms with Crippen LogP contribution in [0.3, 0.4) is 0 Å². The Labute approximate surface area is 70.5 Å². The molecule has 0 aromatic heterocycles. The molecule has 1 rings (SSSR count). The molecule has 0 bridgehead atoms. The third kappa shape index (κ3) is 2.36. The lowest BCUT2D eigenvalue weighted by Crippen LogP contribution is -2.42. The first-order valence-corrected chi connectivity index (χ1v) is 3.58. The van der Waals surface area contributed by atoms with Gasteiger partial charge in [-0.3, -0.25) is 14.5 Å². The zero-order valence-electron chi connectivity index (χ0n) is 6.79. The Morgan fingerprint density at radius 1 is 1.42 bits per heavy atom. The summed E-state index contributed by atoms with van der Waals surface area (Å²) >= 11 is 0. The second-order valence-electron chi connectivity index (χ2n) is 2.42. The first kappa shape index (κ1) is 8.75. The summed E-state index contributed by atoms with van der Waals surface area (Å²) in [7, 11) is 0. The molecule has 0 spiro atoms. The lowest BCUT2D eigenvalue weighted by molar-refractivity contribution is -0.166. The molecule has 0 N–H and O–H groups in total. The second kappa shape index (κ2) is 3.88. The summed E-state index contributed by atoms with van der Waals surface area (Å²) in [4.78, 5) is 23.1. The Morgan fingerprint density at radius 3 is 2.50 bits per heavy atom. The molecular weight excluding hydrogens is 158 g/mol. The highest BCUT2D eigenvalue weighted by Crippen LogP contribution is 1.98. The number of ether oxygens (including phenoxy) is 1. The van der Waals surface area contributed by atoms with Crippen molar-refractivity contribution in [3.8, 4) is 11.8 Å². The van der Waals surface area contributed by atoms with E-state index in [4.69, 9.17) is 0 Å². The third-order valence-electron chi connectivity index (χ3n) is 1.41. The Hall–Kier alpha value is -1.34. The lowest BCUT2D eigenvalue weighted by atomic mass is 10.4. The summed E-state index contributed by atoms with van der Waals surface area (Å²) in [6, 6.07) is 0. The van der Waals surface area contributed by atoms with Gasteiger partial charge in [-0.05, 0) is 6.92 Å². The van der Waals surface area contributed by atoms with Crippen molar-refractivity contribution < 1.29 is 14.3 Å². The predicted octanol–water partition coefficient (Wildman–Crippen LogP) is -0.605. The highest BCUT2D eigenvalue weighted by Gasteiger charge is 2.23. The molecule has 0 radical (unpaired) electrons. The van der Waals surface area contributed by atoms with Crippen LogP contribution in [0.1, 0.15) is 6.92 Å². The number of cyclic esters (lactones) is 2. The van der Waals surface area contributed by atoms with Gasteiger partial charge in [-0.2, -0.15) is 0 Å². The maximum Gasteiger partial charge on any atom is 0.327 e. The molecule has 1 aliphatic rings. The number of hydrogen-bond donors (Lipinski definition) is 0. The van der Waals surface area contributed by atoms with Gasteiger partial charge in [-0.25, -0.2) is 0 Å². The van der Waals surface area contributed by atoms with Gasteiger partial charge in [0.1, 0.15) is 0 Å². The van der Waals surface area contributed by atoms with Crippen LogP contribution in [-0.4, -0.2) is 36.5 Å². The predicted molar refractivity (Wildman–Crippen MR) is 41.0 cm³/mol. The minimum absolute atomic E-state index is 0.153. The van der Waals surface area contributed by atoms with E-state index in [1.807, 2.05) is 0 Å². The van der Waals surface area contributed by atoms with Crippen LogP contribution >= 0.6 is 0 Å². The van der Waals surface area contributed by atoms with Gasteiger partial charge in [0.25, 0.3) is 0 Å². The molecule has 64 valence electrons. The van der Waals surface area contributed by atoms with E-state index in [-0.39, 0.29) is 13.1 Å². The van der Waals surface area contributed by atoms with Crippen molar-refractivity contribution in [2.24, 2.45) is 0 Å². The van der Waals surface area contributed by atoms with E-state index < -0.39 is 11.9 Å². The van der Waals surface area contributed by atoms with Crippen LogP contribution in [0.4, 0.5) is 0 Å². The fourth-order valence-electron chi connectivity index (χ4n) is 0.915. The van der Waals surface area contributed by atoms with Gasteiger partial charge in [0.2, 0.25) is 0 Å². The van der Waals surface area contributed by atoms with Gasteiger partial charge < -0.3 is 4.74 Å². The number of morpholine rings is 1. The maximum absolute atomic E-state index is 10.7. The molecule has 0 unspecified atom stereocenters. The van der Waals surface area contributed by atoms with Crippen molar-refractivity contribution >= 4 is 11.9 Å². The fourth-order valence-corrected chi connectivity index (χ4v) is 0.915. The normalized spacial score (nSPS) is 18.1. The van der Waals surface area contributed by atoms with Crippen LogP contribution in [0, 0.1) is 11.8 Å². The fraction of sp³-hybridized carbons (Fsp3) is 0.500. The first-order valence-electron chi connectivity index (χ1n) is 3.58. The van der Waals surface area contributed by atoms with Crippen LogP contribution in [-0.2, 0) is 14.3 Å². The summed E-state index contributed by atoms with van der Waals surface area (Å²) in [6.07, 6.45) is 0.